The summed E-state index contributed by atoms with van der Waals surface area (Å²) in [5.74, 6) is 0. The van der Waals surface area contributed by atoms with Gasteiger partial charge in [-0.1, -0.05) is 12.1 Å². The van der Waals surface area contributed by atoms with Crippen molar-refractivity contribution in [3.05, 3.63) is 33.9 Å². The Morgan fingerprint density at radius 3 is 2.90 bits per heavy atom. The SMILES string of the molecule is Cc1cccc([N+](=O)[O-])c1NC1CCCCN(C(=O)O)C1. The number of nitro groups is 1. The highest BCUT2D eigenvalue weighted by Crippen LogP contribution is 2.29. The molecule has 114 valence electrons. The molecule has 1 saturated heterocycles. The van der Waals surface area contributed by atoms with Gasteiger partial charge < -0.3 is 15.3 Å². The second kappa shape index (κ2) is 6.43. The zero-order valence-corrected chi connectivity index (χ0v) is 11.9. The summed E-state index contributed by atoms with van der Waals surface area (Å²) in [5.41, 5.74) is 1.30. The number of para-hydroxylation sites is 1. The third-order valence-electron chi connectivity index (χ3n) is 3.74. The molecule has 0 spiro atoms. The van der Waals surface area contributed by atoms with Crippen LogP contribution < -0.4 is 5.32 Å². The van der Waals surface area contributed by atoms with Crippen molar-refractivity contribution in [3.8, 4) is 0 Å². The lowest BCUT2D eigenvalue weighted by Crippen LogP contribution is -2.38. The number of hydrogen-bond donors (Lipinski definition) is 2. The van der Waals surface area contributed by atoms with Crippen LogP contribution in [-0.2, 0) is 0 Å². The van der Waals surface area contributed by atoms with E-state index in [1.807, 2.05) is 0 Å². The summed E-state index contributed by atoms with van der Waals surface area (Å²) in [5, 5.41) is 23.4. The van der Waals surface area contributed by atoms with Gasteiger partial charge in [-0.25, -0.2) is 4.79 Å². The summed E-state index contributed by atoms with van der Waals surface area (Å²) < 4.78 is 0. The lowest BCUT2D eigenvalue weighted by Gasteiger charge is -2.24. The van der Waals surface area contributed by atoms with E-state index in [1.54, 1.807) is 19.1 Å². The largest absolute Gasteiger partial charge is 0.465 e. The highest BCUT2D eigenvalue weighted by molar-refractivity contribution is 5.67. The highest BCUT2D eigenvalue weighted by Gasteiger charge is 2.24. The first-order valence-corrected chi connectivity index (χ1v) is 6.97. The number of carboxylic acid groups (broad SMARTS) is 1. The smallest absolute Gasteiger partial charge is 0.407 e. The minimum atomic E-state index is -0.942. The van der Waals surface area contributed by atoms with E-state index >= 15 is 0 Å². The predicted octanol–water partition coefficient (Wildman–Crippen LogP) is 2.85. The van der Waals surface area contributed by atoms with Crippen LogP contribution in [0, 0.1) is 17.0 Å². The summed E-state index contributed by atoms with van der Waals surface area (Å²) in [7, 11) is 0. The molecule has 1 amide bonds. The number of amides is 1. The molecule has 0 aromatic heterocycles. The number of carbonyl (C=O) groups is 1. The molecule has 21 heavy (non-hydrogen) atoms. The van der Waals surface area contributed by atoms with Gasteiger partial charge in [0, 0.05) is 25.2 Å². The highest BCUT2D eigenvalue weighted by atomic mass is 16.6. The number of nitro benzene ring substituents is 1. The molecular weight excluding hydrogens is 274 g/mol. The molecule has 7 heteroatoms. The van der Waals surface area contributed by atoms with E-state index in [0.717, 1.165) is 24.8 Å². The van der Waals surface area contributed by atoms with Crippen molar-refractivity contribution in [1.82, 2.24) is 4.90 Å². The van der Waals surface area contributed by atoms with Crippen LogP contribution in [-0.4, -0.2) is 40.2 Å². The molecule has 0 bridgehead atoms. The van der Waals surface area contributed by atoms with E-state index in [4.69, 9.17) is 5.11 Å². The van der Waals surface area contributed by atoms with Gasteiger partial charge in [0.2, 0.25) is 0 Å². The van der Waals surface area contributed by atoms with Crippen molar-refractivity contribution >= 4 is 17.5 Å². The third-order valence-corrected chi connectivity index (χ3v) is 3.74. The van der Waals surface area contributed by atoms with Crippen molar-refractivity contribution in [2.45, 2.75) is 32.2 Å². The van der Waals surface area contributed by atoms with Gasteiger partial charge in [-0.2, -0.15) is 0 Å². The Morgan fingerprint density at radius 1 is 1.48 bits per heavy atom. The number of aryl methyl sites for hydroxylation is 1. The molecule has 2 rings (SSSR count). The zero-order valence-electron chi connectivity index (χ0n) is 11.9. The fourth-order valence-electron chi connectivity index (χ4n) is 2.63. The molecule has 0 aliphatic carbocycles. The molecule has 1 aliphatic rings. The molecule has 1 unspecified atom stereocenters. The number of anilines is 1. The van der Waals surface area contributed by atoms with E-state index in [0.29, 0.717) is 18.8 Å². The van der Waals surface area contributed by atoms with E-state index in [-0.39, 0.29) is 11.7 Å². The minimum Gasteiger partial charge on any atom is -0.465 e. The Kier molecular flexibility index (Phi) is 4.62. The average Bonchev–Trinajstić information content (AvgIpc) is 2.66. The van der Waals surface area contributed by atoms with Gasteiger partial charge in [-0.15, -0.1) is 0 Å². The lowest BCUT2D eigenvalue weighted by atomic mass is 10.1. The summed E-state index contributed by atoms with van der Waals surface area (Å²) in [4.78, 5) is 23.2. The van der Waals surface area contributed by atoms with Crippen LogP contribution in [0.25, 0.3) is 0 Å². The molecule has 1 heterocycles. The van der Waals surface area contributed by atoms with Crippen LogP contribution in [0.4, 0.5) is 16.2 Å². The molecule has 0 radical (unpaired) electrons. The molecule has 7 nitrogen and oxygen atoms in total. The van der Waals surface area contributed by atoms with Crippen molar-refractivity contribution in [2.75, 3.05) is 18.4 Å². The van der Waals surface area contributed by atoms with Crippen LogP contribution in [0.1, 0.15) is 24.8 Å². The summed E-state index contributed by atoms with van der Waals surface area (Å²) in [6.45, 7) is 2.67. The Bertz CT molecular complexity index is 547. The van der Waals surface area contributed by atoms with Crippen molar-refractivity contribution in [1.29, 1.82) is 0 Å². The molecule has 1 fully saturated rings. The molecule has 1 aromatic carbocycles. The van der Waals surface area contributed by atoms with Gasteiger partial charge in [0.05, 0.1) is 4.92 Å². The Hall–Kier alpha value is -2.31. The first kappa shape index (κ1) is 15.1. The predicted molar refractivity (Wildman–Crippen MR) is 78.7 cm³/mol. The third kappa shape index (κ3) is 3.62. The van der Waals surface area contributed by atoms with Crippen LogP contribution in [0.5, 0.6) is 0 Å². The van der Waals surface area contributed by atoms with Gasteiger partial charge in [0.1, 0.15) is 5.69 Å². The van der Waals surface area contributed by atoms with E-state index < -0.39 is 11.0 Å². The van der Waals surface area contributed by atoms with Crippen LogP contribution in [0.3, 0.4) is 0 Å². The van der Waals surface area contributed by atoms with Gasteiger partial charge in [0.25, 0.3) is 5.69 Å². The lowest BCUT2D eigenvalue weighted by molar-refractivity contribution is -0.384. The second-order valence-electron chi connectivity index (χ2n) is 5.29. The first-order valence-electron chi connectivity index (χ1n) is 6.97. The van der Waals surface area contributed by atoms with E-state index in [2.05, 4.69) is 5.32 Å². The van der Waals surface area contributed by atoms with Gasteiger partial charge in [0.15, 0.2) is 0 Å². The maximum atomic E-state index is 11.1. The Morgan fingerprint density at radius 2 is 2.24 bits per heavy atom. The van der Waals surface area contributed by atoms with Crippen LogP contribution in [0.2, 0.25) is 0 Å². The quantitative estimate of drug-likeness (QED) is 0.660. The van der Waals surface area contributed by atoms with Gasteiger partial charge in [-0.3, -0.25) is 10.1 Å². The standard InChI is InChI=1S/C14H19N3O4/c1-10-5-4-7-12(17(20)21)13(10)15-11-6-2-3-8-16(9-11)14(18)19/h4-5,7,11,15H,2-3,6,8-9H2,1H3,(H,18,19). The molecule has 1 atom stereocenters. The van der Waals surface area contributed by atoms with E-state index in [9.17, 15) is 14.9 Å². The maximum absolute atomic E-state index is 11.1. The first-order chi connectivity index (χ1) is 9.99. The summed E-state index contributed by atoms with van der Waals surface area (Å²) in [6, 6.07) is 4.81. The molecule has 0 saturated carbocycles. The van der Waals surface area contributed by atoms with Crippen molar-refractivity contribution in [3.63, 3.8) is 0 Å². The van der Waals surface area contributed by atoms with Crippen LogP contribution in [0.15, 0.2) is 18.2 Å². The number of nitrogens with one attached hydrogen (secondary N) is 1. The van der Waals surface area contributed by atoms with Gasteiger partial charge >= 0.3 is 6.09 Å². The molecule has 2 N–H and O–H groups in total. The van der Waals surface area contributed by atoms with Crippen molar-refractivity contribution < 1.29 is 14.8 Å². The van der Waals surface area contributed by atoms with Crippen LogP contribution >= 0.6 is 0 Å². The fourth-order valence-corrected chi connectivity index (χ4v) is 2.63. The van der Waals surface area contributed by atoms with E-state index in [1.165, 1.54) is 11.0 Å². The average molecular weight is 293 g/mol. The Balaban J connectivity index is 2.20. The fraction of sp³-hybridized carbons (Fsp3) is 0.500. The zero-order chi connectivity index (χ0) is 15.4. The number of likely N-dealkylation sites (tertiary alicyclic amines) is 1. The molecule has 1 aliphatic heterocycles. The second-order valence-corrected chi connectivity index (χ2v) is 5.29. The number of nitrogens with zero attached hydrogens (tertiary/aromatic N) is 2. The molecule has 1 aromatic rings. The molecular formula is C14H19N3O4. The summed E-state index contributed by atoms with van der Waals surface area (Å²) in [6.07, 6.45) is 1.58. The van der Waals surface area contributed by atoms with Crippen molar-refractivity contribution in [2.24, 2.45) is 0 Å². The normalized spacial score (nSPS) is 18.9. The van der Waals surface area contributed by atoms with Gasteiger partial charge in [-0.05, 0) is 31.7 Å². The number of hydrogen-bond acceptors (Lipinski definition) is 4. The minimum absolute atomic E-state index is 0.0288. The monoisotopic (exact) mass is 293 g/mol. The number of rotatable bonds is 3. The Labute approximate surface area is 122 Å². The summed E-state index contributed by atoms with van der Waals surface area (Å²) >= 11 is 0. The number of benzene rings is 1. The maximum Gasteiger partial charge on any atom is 0.407 e. The topological polar surface area (TPSA) is 95.7 Å².